The standard InChI is InChI=1S/C19H29N3O4/c1-3-19(12-23,13-24)21-17(25)10-16-18(26)20-8-9-22(16)11-15-6-4-14(2)5-7-15/h4-7,16,23-24H,3,8-13H2,1-2H3,(H,20,26)(H,21,25). The van der Waals surface area contributed by atoms with Crippen LogP contribution in [0.15, 0.2) is 24.3 Å². The van der Waals surface area contributed by atoms with Crippen molar-refractivity contribution in [3.63, 3.8) is 0 Å². The minimum Gasteiger partial charge on any atom is -0.394 e. The van der Waals surface area contributed by atoms with E-state index in [9.17, 15) is 19.8 Å². The van der Waals surface area contributed by atoms with Gasteiger partial charge in [0.15, 0.2) is 0 Å². The van der Waals surface area contributed by atoms with E-state index in [1.54, 1.807) is 6.92 Å². The lowest BCUT2D eigenvalue weighted by Crippen LogP contribution is -2.59. The van der Waals surface area contributed by atoms with Crippen molar-refractivity contribution in [1.29, 1.82) is 0 Å². The Labute approximate surface area is 154 Å². The van der Waals surface area contributed by atoms with E-state index in [0.717, 1.165) is 5.56 Å². The number of hydrogen-bond donors (Lipinski definition) is 4. The minimum absolute atomic E-state index is 0.0144. The fraction of sp³-hybridized carbons (Fsp3) is 0.579. The summed E-state index contributed by atoms with van der Waals surface area (Å²) in [5.41, 5.74) is 1.21. The molecule has 4 N–H and O–H groups in total. The molecule has 1 atom stereocenters. The summed E-state index contributed by atoms with van der Waals surface area (Å²) in [4.78, 5) is 26.8. The molecule has 1 aliphatic rings. The molecule has 0 saturated carbocycles. The van der Waals surface area contributed by atoms with Gasteiger partial charge in [0, 0.05) is 19.6 Å². The Morgan fingerprint density at radius 3 is 2.54 bits per heavy atom. The second-order valence-electron chi connectivity index (χ2n) is 6.97. The second kappa shape index (κ2) is 9.12. The summed E-state index contributed by atoms with van der Waals surface area (Å²) >= 11 is 0. The van der Waals surface area contributed by atoms with Crippen molar-refractivity contribution in [2.24, 2.45) is 0 Å². The van der Waals surface area contributed by atoms with Crippen LogP contribution in [0.1, 0.15) is 30.9 Å². The summed E-state index contributed by atoms with van der Waals surface area (Å²) in [6.07, 6.45) is 0.384. The molecule has 1 fully saturated rings. The number of nitrogens with zero attached hydrogens (tertiary/aromatic N) is 1. The van der Waals surface area contributed by atoms with E-state index in [-0.39, 0.29) is 31.4 Å². The SMILES string of the molecule is CCC(CO)(CO)NC(=O)CC1C(=O)NCCN1Cc1ccc(C)cc1. The molecule has 1 aliphatic heterocycles. The van der Waals surface area contributed by atoms with Gasteiger partial charge in [0.1, 0.15) is 0 Å². The first-order valence-corrected chi connectivity index (χ1v) is 9.03. The lowest BCUT2D eigenvalue weighted by atomic mass is 9.97. The van der Waals surface area contributed by atoms with E-state index in [1.807, 2.05) is 36.1 Å². The van der Waals surface area contributed by atoms with Crippen LogP contribution in [0.2, 0.25) is 0 Å². The van der Waals surface area contributed by atoms with Gasteiger partial charge in [0.2, 0.25) is 11.8 Å². The smallest absolute Gasteiger partial charge is 0.237 e. The Balaban J connectivity index is 2.06. The van der Waals surface area contributed by atoms with Crippen molar-refractivity contribution < 1.29 is 19.8 Å². The topological polar surface area (TPSA) is 102 Å². The lowest BCUT2D eigenvalue weighted by molar-refractivity contribution is -0.135. The molecule has 7 nitrogen and oxygen atoms in total. The van der Waals surface area contributed by atoms with E-state index in [1.165, 1.54) is 5.56 Å². The van der Waals surface area contributed by atoms with Gasteiger partial charge in [0.25, 0.3) is 0 Å². The first-order valence-electron chi connectivity index (χ1n) is 9.03. The normalized spacial score (nSPS) is 18.5. The van der Waals surface area contributed by atoms with Crippen LogP contribution in [0.5, 0.6) is 0 Å². The summed E-state index contributed by atoms with van der Waals surface area (Å²) in [5.74, 6) is -0.528. The molecule has 1 aromatic carbocycles. The Bertz CT molecular complexity index is 605. The number of benzene rings is 1. The number of rotatable bonds is 8. The Kier molecular flexibility index (Phi) is 7.14. The van der Waals surface area contributed by atoms with Crippen molar-refractivity contribution in [1.82, 2.24) is 15.5 Å². The summed E-state index contributed by atoms with van der Waals surface area (Å²) in [6.45, 7) is 4.90. The van der Waals surface area contributed by atoms with E-state index >= 15 is 0 Å². The van der Waals surface area contributed by atoms with Gasteiger partial charge in [-0.15, -0.1) is 0 Å². The number of carbonyl (C=O) groups excluding carboxylic acids is 2. The fourth-order valence-corrected chi connectivity index (χ4v) is 3.06. The third kappa shape index (κ3) is 5.03. The van der Waals surface area contributed by atoms with Crippen LogP contribution in [0.4, 0.5) is 0 Å². The number of aliphatic hydroxyl groups excluding tert-OH is 2. The molecule has 144 valence electrons. The number of nitrogens with one attached hydrogen (secondary N) is 2. The highest BCUT2D eigenvalue weighted by Gasteiger charge is 2.34. The zero-order valence-electron chi connectivity index (χ0n) is 15.5. The largest absolute Gasteiger partial charge is 0.394 e. The molecule has 1 heterocycles. The van der Waals surface area contributed by atoms with Gasteiger partial charge >= 0.3 is 0 Å². The number of piperazine rings is 1. The highest BCUT2D eigenvalue weighted by Crippen LogP contribution is 2.16. The predicted molar refractivity (Wildman–Crippen MR) is 98.3 cm³/mol. The summed E-state index contributed by atoms with van der Waals surface area (Å²) in [5, 5.41) is 24.5. The maximum Gasteiger partial charge on any atom is 0.237 e. The highest BCUT2D eigenvalue weighted by molar-refractivity contribution is 5.89. The van der Waals surface area contributed by atoms with Crippen LogP contribution in [-0.2, 0) is 16.1 Å². The Hall–Kier alpha value is -1.96. The molecular formula is C19H29N3O4. The predicted octanol–water partition coefficient (Wildman–Crippen LogP) is -0.0649. The van der Waals surface area contributed by atoms with Crippen molar-refractivity contribution in [2.75, 3.05) is 26.3 Å². The summed E-state index contributed by atoms with van der Waals surface area (Å²) in [7, 11) is 0. The van der Waals surface area contributed by atoms with E-state index in [0.29, 0.717) is 26.1 Å². The third-order valence-electron chi connectivity index (χ3n) is 5.01. The third-order valence-corrected chi connectivity index (χ3v) is 5.01. The van der Waals surface area contributed by atoms with Crippen molar-refractivity contribution >= 4 is 11.8 Å². The van der Waals surface area contributed by atoms with Crippen molar-refractivity contribution in [3.8, 4) is 0 Å². The average molecular weight is 363 g/mol. The molecular weight excluding hydrogens is 334 g/mol. The zero-order chi connectivity index (χ0) is 19.2. The number of amides is 2. The monoisotopic (exact) mass is 363 g/mol. The van der Waals surface area contributed by atoms with E-state index < -0.39 is 11.6 Å². The quantitative estimate of drug-likeness (QED) is 0.518. The molecule has 0 bridgehead atoms. The lowest BCUT2D eigenvalue weighted by Gasteiger charge is -2.36. The van der Waals surface area contributed by atoms with Crippen LogP contribution in [0, 0.1) is 6.92 Å². The number of aliphatic hydroxyl groups is 2. The molecule has 0 aromatic heterocycles. The summed E-state index contributed by atoms with van der Waals surface area (Å²) in [6, 6.07) is 7.53. The Morgan fingerprint density at radius 2 is 1.96 bits per heavy atom. The molecule has 26 heavy (non-hydrogen) atoms. The molecule has 0 radical (unpaired) electrons. The number of carbonyl (C=O) groups is 2. The molecule has 1 aromatic rings. The first-order chi connectivity index (χ1) is 12.4. The number of hydrogen-bond acceptors (Lipinski definition) is 5. The van der Waals surface area contributed by atoms with E-state index in [2.05, 4.69) is 10.6 Å². The molecule has 7 heteroatoms. The van der Waals surface area contributed by atoms with Gasteiger partial charge in [-0.05, 0) is 18.9 Å². The van der Waals surface area contributed by atoms with Gasteiger partial charge in [-0.1, -0.05) is 36.8 Å². The minimum atomic E-state index is -1.05. The van der Waals surface area contributed by atoms with Crippen LogP contribution in [0.3, 0.4) is 0 Å². The zero-order valence-corrected chi connectivity index (χ0v) is 15.5. The molecule has 1 saturated heterocycles. The van der Waals surface area contributed by atoms with Crippen LogP contribution in [0.25, 0.3) is 0 Å². The molecule has 0 aliphatic carbocycles. The number of aryl methyl sites for hydroxylation is 1. The van der Waals surface area contributed by atoms with Gasteiger partial charge in [0.05, 0.1) is 31.2 Å². The van der Waals surface area contributed by atoms with Crippen LogP contribution >= 0.6 is 0 Å². The van der Waals surface area contributed by atoms with E-state index in [4.69, 9.17) is 0 Å². The van der Waals surface area contributed by atoms with Gasteiger partial charge in [-0.3, -0.25) is 14.5 Å². The van der Waals surface area contributed by atoms with Gasteiger partial charge < -0.3 is 20.8 Å². The van der Waals surface area contributed by atoms with Crippen LogP contribution in [-0.4, -0.2) is 64.8 Å². The van der Waals surface area contributed by atoms with Crippen molar-refractivity contribution in [2.45, 2.75) is 44.8 Å². The first kappa shape index (κ1) is 20.4. The molecule has 2 rings (SSSR count). The maximum absolute atomic E-state index is 12.5. The Morgan fingerprint density at radius 1 is 1.31 bits per heavy atom. The maximum atomic E-state index is 12.5. The van der Waals surface area contributed by atoms with Gasteiger partial charge in [-0.2, -0.15) is 0 Å². The molecule has 2 amide bonds. The molecule has 1 unspecified atom stereocenters. The fourth-order valence-electron chi connectivity index (χ4n) is 3.06. The van der Waals surface area contributed by atoms with Crippen molar-refractivity contribution in [3.05, 3.63) is 35.4 Å². The van der Waals surface area contributed by atoms with Crippen LogP contribution < -0.4 is 10.6 Å². The summed E-state index contributed by atoms with van der Waals surface area (Å²) < 4.78 is 0. The molecule has 0 spiro atoms. The second-order valence-corrected chi connectivity index (χ2v) is 6.97. The highest BCUT2D eigenvalue weighted by atomic mass is 16.3. The van der Waals surface area contributed by atoms with Gasteiger partial charge in [-0.25, -0.2) is 0 Å². The average Bonchev–Trinajstić information content (AvgIpc) is 2.64.